The molecule has 11 heteroatoms. The number of benzene rings is 1. The predicted molar refractivity (Wildman–Crippen MR) is 105 cm³/mol. The molecular formula is C15H8Br2Cl3F3N2O. The van der Waals surface area contributed by atoms with Crippen LogP contribution in [0.4, 0.5) is 24.7 Å². The SMILES string of the molecule is FC(F)(F)c1cnc(Nc2cc(Br)c(OCC=C(Cl)Cl)c(Br)c2)c(Cl)c1. The van der Waals surface area contributed by atoms with Crippen molar-refractivity contribution in [3.8, 4) is 5.75 Å². The standard InChI is InChI=1S/C15H8Br2Cl3F3N2O/c16-9-4-8(5-10(17)13(9)26-2-1-12(19)20)25-14-11(18)3-7(6-24-14)15(21,22)23/h1,3-6H,2H2,(H,24,25). The van der Waals surface area contributed by atoms with Crippen molar-refractivity contribution in [1.29, 1.82) is 0 Å². The van der Waals surface area contributed by atoms with Crippen molar-refractivity contribution in [2.45, 2.75) is 6.18 Å². The van der Waals surface area contributed by atoms with Crippen LogP contribution in [0.3, 0.4) is 0 Å². The van der Waals surface area contributed by atoms with Gasteiger partial charge in [0.25, 0.3) is 0 Å². The Morgan fingerprint density at radius 2 is 1.81 bits per heavy atom. The number of anilines is 2. The lowest BCUT2D eigenvalue weighted by Gasteiger charge is -2.14. The van der Waals surface area contributed by atoms with Gasteiger partial charge in [0.05, 0.1) is 19.5 Å². The number of alkyl halides is 3. The Morgan fingerprint density at radius 3 is 2.31 bits per heavy atom. The van der Waals surface area contributed by atoms with E-state index in [0.717, 1.165) is 6.07 Å². The molecule has 0 aliphatic heterocycles. The number of hydrogen-bond acceptors (Lipinski definition) is 3. The third-order valence-electron chi connectivity index (χ3n) is 2.89. The molecule has 0 radical (unpaired) electrons. The number of nitrogens with zero attached hydrogens (tertiary/aromatic N) is 1. The summed E-state index contributed by atoms with van der Waals surface area (Å²) in [7, 11) is 0. The number of nitrogens with one attached hydrogen (secondary N) is 1. The van der Waals surface area contributed by atoms with Crippen LogP contribution < -0.4 is 10.1 Å². The number of halogens is 8. The number of ether oxygens (including phenoxy) is 1. The molecule has 0 saturated carbocycles. The summed E-state index contributed by atoms with van der Waals surface area (Å²) in [6.45, 7) is 0.151. The lowest BCUT2D eigenvalue weighted by atomic mass is 10.2. The Bertz CT molecular complexity index is 820. The lowest BCUT2D eigenvalue weighted by molar-refractivity contribution is -0.137. The zero-order valence-electron chi connectivity index (χ0n) is 12.5. The highest BCUT2D eigenvalue weighted by molar-refractivity contribution is 9.11. The first-order chi connectivity index (χ1) is 12.1. The number of hydrogen-bond donors (Lipinski definition) is 1. The van der Waals surface area contributed by atoms with Crippen LogP contribution in [0.15, 0.2) is 43.9 Å². The summed E-state index contributed by atoms with van der Waals surface area (Å²) in [5, 5.41) is 2.70. The van der Waals surface area contributed by atoms with E-state index < -0.39 is 11.7 Å². The van der Waals surface area contributed by atoms with Crippen molar-refractivity contribution >= 4 is 78.2 Å². The summed E-state index contributed by atoms with van der Waals surface area (Å²) in [5.74, 6) is 0.580. The molecule has 0 aliphatic rings. The normalized spacial score (nSPS) is 11.2. The van der Waals surface area contributed by atoms with Crippen LogP contribution in [-0.2, 0) is 6.18 Å². The smallest absolute Gasteiger partial charge is 0.417 e. The second-order valence-electron chi connectivity index (χ2n) is 4.75. The molecule has 140 valence electrons. The maximum absolute atomic E-state index is 12.7. The zero-order valence-corrected chi connectivity index (χ0v) is 17.9. The van der Waals surface area contributed by atoms with Gasteiger partial charge in [-0.15, -0.1) is 0 Å². The van der Waals surface area contributed by atoms with E-state index in [2.05, 4.69) is 42.2 Å². The third-order valence-corrected chi connectivity index (χ3v) is 4.67. The summed E-state index contributed by atoms with van der Waals surface area (Å²) in [5.41, 5.74) is -0.402. The molecule has 0 amide bonds. The van der Waals surface area contributed by atoms with Gasteiger partial charge in [0.15, 0.2) is 0 Å². The van der Waals surface area contributed by atoms with Crippen LogP contribution in [0.2, 0.25) is 5.02 Å². The van der Waals surface area contributed by atoms with Gasteiger partial charge in [-0.25, -0.2) is 4.98 Å². The van der Waals surface area contributed by atoms with Crippen LogP contribution in [0.25, 0.3) is 0 Å². The molecular weight excluding hydrogens is 547 g/mol. The van der Waals surface area contributed by atoms with Gasteiger partial charge < -0.3 is 10.1 Å². The maximum atomic E-state index is 12.7. The fourth-order valence-electron chi connectivity index (χ4n) is 1.78. The van der Waals surface area contributed by atoms with Crippen molar-refractivity contribution in [2.24, 2.45) is 0 Å². The molecule has 1 N–H and O–H groups in total. The Labute approximate surface area is 178 Å². The Morgan fingerprint density at radius 1 is 1.19 bits per heavy atom. The van der Waals surface area contributed by atoms with Crippen LogP contribution in [0, 0.1) is 0 Å². The van der Waals surface area contributed by atoms with E-state index in [1.54, 1.807) is 12.1 Å². The Hall–Kier alpha value is -0.670. The first kappa shape index (κ1) is 21.6. The molecule has 0 spiro atoms. The quantitative estimate of drug-likeness (QED) is 0.410. The molecule has 1 aromatic heterocycles. The molecule has 2 aromatic rings. The number of aromatic nitrogens is 1. The second kappa shape index (κ2) is 9.01. The fraction of sp³-hybridized carbons (Fsp3) is 0.133. The van der Waals surface area contributed by atoms with E-state index in [9.17, 15) is 13.2 Å². The van der Waals surface area contributed by atoms with E-state index in [1.807, 2.05) is 0 Å². The van der Waals surface area contributed by atoms with Gasteiger partial charge in [0.1, 0.15) is 22.7 Å². The van der Waals surface area contributed by atoms with E-state index in [4.69, 9.17) is 39.5 Å². The first-order valence-electron chi connectivity index (χ1n) is 6.70. The van der Waals surface area contributed by atoms with E-state index in [1.165, 1.54) is 6.08 Å². The lowest BCUT2D eigenvalue weighted by Crippen LogP contribution is -2.06. The number of pyridine rings is 1. The van der Waals surface area contributed by atoms with Crippen molar-refractivity contribution < 1.29 is 17.9 Å². The minimum Gasteiger partial charge on any atom is -0.487 e. The molecule has 3 nitrogen and oxygen atoms in total. The van der Waals surface area contributed by atoms with Gasteiger partial charge in [-0.3, -0.25) is 0 Å². The average Bonchev–Trinajstić information content (AvgIpc) is 2.50. The van der Waals surface area contributed by atoms with Crippen molar-refractivity contribution in [3.05, 3.63) is 54.5 Å². The van der Waals surface area contributed by atoms with E-state index in [0.29, 0.717) is 26.6 Å². The van der Waals surface area contributed by atoms with Gasteiger partial charge >= 0.3 is 6.18 Å². The van der Waals surface area contributed by atoms with Crippen LogP contribution >= 0.6 is 66.7 Å². The molecule has 0 bridgehead atoms. The summed E-state index contributed by atoms with van der Waals surface area (Å²) >= 11 is 23.6. The fourth-order valence-corrected chi connectivity index (χ4v) is 3.53. The van der Waals surface area contributed by atoms with Crippen molar-refractivity contribution in [1.82, 2.24) is 4.98 Å². The van der Waals surface area contributed by atoms with Crippen LogP contribution in [0.5, 0.6) is 5.75 Å². The molecule has 0 aliphatic carbocycles. The summed E-state index contributed by atoms with van der Waals surface area (Å²) in [6, 6.07) is 4.12. The van der Waals surface area contributed by atoms with Crippen molar-refractivity contribution in [2.75, 3.05) is 11.9 Å². The second-order valence-corrected chi connectivity index (χ2v) is 7.87. The highest BCUT2D eigenvalue weighted by Crippen LogP contribution is 2.38. The zero-order chi connectivity index (χ0) is 19.5. The van der Waals surface area contributed by atoms with Gasteiger partial charge in [-0.1, -0.05) is 34.8 Å². The van der Waals surface area contributed by atoms with Gasteiger partial charge in [0, 0.05) is 11.9 Å². The Kier molecular flexibility index (Phi) is 7.50. The topological polar surface area (TPSA) is 34.2 Å². The predicted octanol–water partition coefficient (Wildman–Crippen LogP) is 7.72. The minimum absolute atomic E-state index is 0.0820. The molecule has 1 heterocycles. The molecule has 1 aromatic carbocycles. The monoisotopic (exact) mass is 552 g/mol. The average molecular weight is 555 g/mol. The number of rotatable bonds is 5. The highest BCUT2D eigenvalue weighted by atomic mass is 79.9. The first-order valence-corrected chi connectivity index (χ1v) is 9.42. The molecule has 0 unspecified atom stereocenters. The maximum Gasteiger partial charge on any atom is 0.417 e. The van der Waals surface area contributed by atoms with Gasteiger partial charge in [-0.05, 0) is 56.1 Å². The largest absolute Gasteiger partial charge is 0.487 e. The van der Waals surface area contributed by atoms with Gasteiger partial charge in [0.2, 0.25) is 0 Å². The molecule has 0 atom stereocenters. The third kappa shape index (κ3) is 5.92. The summed E-state index contributed by atoms with van der Waals surface area (Å²) in [6.07, 6.45) is -2.33. The molecule has 0 fully saturated rings. The highest BCUT2D eigenvalue weighted by Gasteiger charge is 2.31. The minimum atomic E-state index is -4.51. The Balaban J connectivity index is 2.22. The molecule has 2 rings (SSSR count). The van der Waals surface area contributed by atoms with E-state index >= 15 is 0 Å². The van der Waals surface area contributed by atoms with Crippen LogP contribution in [0.1, 0.15) is 5.56 Å². The molecule has 0 saturated heterocycles. The summed E-state index contributed by atoms with van der Waals surface area (Å²) < 4.78 is 44.8. The van der Waals surface area contributed by atoms with Crippen molar-refractivity contribution in [3.63, 3.8) is 0 Å². The van der Waals surface area contributed by atoms with E-state index in [-0.39, 0.29) is 21.9 Å². The van der Waals surface area contributed by atoms with Crippen LogP contribution in [-0.4, -0.2) is 11.6 Å². The molecule has 26 heavy (non-hydrogen) atoms. The summed E-state index contributed by atoms with van der Waals surface area (Å²) in [4.78, 5) is 3.73. The van der Waals surface area contributed by atoms with Gasteiger partial charge in [-0.2, -0.15) is 13.2 Å².